The predicted molar refractivity (Wildman–Crippen MR) is 82.8 cm³/mol. The Balaban J connectivity index is 1.87. The summed E-state index contributed by atoms with van der Waals surface area (Å²) in [6, 6.07) is 1.51. The van der Waals surface area contributed by atoms with Gasteiger partial charge in [-0.25, -0.2) is 26.3 Å². The first-order valence-corrected chi connectivity index (χ1v) is 8.87. The monoisotopic (exact) mass is 364 g/mol. The maximum absolute atomic E-state index is 15.3. The smallest absolute Gasteiger partial charge is 0.243 e. The van der Waals surface area contributed by atoms with Crippen LogP contribution in [0.25, 0.3) is 0 Å². The molecule has 25 heavy (non-hydrogen) atoms. The molecular formula is C19H22F6. The lowest BCUT2D eigenvalue weighted by Crippen LogP contribution is -2.39. The quantitative estimate of drug-likeness (QED) is 0.422. The van der Waals surface area contributed by atoms with E-state index in [1.54, 1.807) is 0 Å². The van der Waals surface area contributed by atoms with E-state index in [1.807, 2.05) is 6.92 Å². The molecule has 1 aromatic rings. The highest BCUT2D eigenvalue weighted by atomic mass is 19.3. The number of hydrogen-bond acceptors (Lipinski definition) is 0. The predicted octanol–water partition coefficient (Wildman–Crippen LogP) is 6.54. The van der Waals surface area contributed by atoms with E-state index in [1.165, 1.54) is 0 Å². The summed E-state index contributed by atoms with van der Waals surface area (Å²) in [6.07, 6.45) is 1.19. The number of hydrogen-bond donors (Lipinski definition) is 0. The summed E-state index contributed by atoms with van der Waals surface area (Å²) in [5, 5.41) is 0. The first kappa shape index (κ1) is 18.6. The van der Waals surface area contributed by atoms with Crippen molar-refractivity contribution in [1.29, 1.82) is 0 Å². The van der Waals surface area contributed by atoms with Gasteiger partial charge in [-0.3, -0.25) is 0 Å². The van der Waals surface area contributed by atoms with Gasteiger partial charge in [0.25, 0.3) is 5.92 Å². The maximum atomic E-state index is 15.3. The van der Waals surface area contributed by atoms with Crippen LogP contribution in [0.15, 0.2) is 12.1 Å². The number of halogens is 6. The standard InChI is InChI=1S/C19H22F6/c1-2-3-11-6-16-18(23,9-11)5-4-12(10-19(16,24)25)13-7-14(20)17(22)15(21)8-13/h7-8,11-12,16H,2-6,9-10H2,1H3. The van der Waals surface area contributed by atoms with E-state index in [-0.39, 0.29) is 37.2 Å². The van der Waals surface area contributed by atoms with Gasteiger partial charge in [-0.15, -0.1) is 0 Å². The second kappa shape index (κ2) is 6.51. The van der Waals surface area contributed by atoms with Crippen molar-refractivity contribution in [2.75, 3.05) is 0 Å². The molecule has 4 atom stereocenters. The van der Waals surface area contributed by atoms with Crippen LogP contribution in [0.3, 0.4) is 0 Å². The van der Waals surface area contributed by atoms with Gasteiger partial charge in [-0.1, -0.05) is 19.8 Å². The molecule has 0 amide bonds. The van der Waals surface area contributed by atoms with E-state index in [2.05, 4.69) is 0 Å². The fraction of sp³-hybridized carbons (Fsp3) is 0.684. The zero-order valence-corrected chi connectivity index (χ0v) is 14.1. The van der Waals surface area contributed by atoms with Gasteiger partial charge in [-0.05, 0) is 55.2 Å². The second-order valence-corrected chi connectivity index (χ2v) is 7.68. The van der Waals surface area contributed by atoms with Crippen LogP contribution in [0, 0.1) is 29.3 Å². The van der Waals surface area contributed by atoms with E-state index < -0.39 is 47.3 Å². The molecule has 140 valence electrons. The molecule has 0 radical (unpaired) electrons. The molecule has 6 heteroatoms. The first-order chi connectivity index (χ1) is 11.7. The first-order valence-electron chi connectivity index (χ1n) is 8.87. The van der Waals surface area contributed by atoms with Crippen molar-refractivity contribution in [2.45, 2.75) is 69.4 Å². The molecule has 2 aliphatic carbocycles. The molecule has 0 bridgehead atoms. The zero-order chi connectivity index (χ0) is 18.4. The lowest BCUT2D eigenvalue weighted by molar-refractivity contribution is -0.107. The minimum absolute atomic E-state index is 0.0234. The average Bonchev–Trinajstić information content (AvgIpc) is 2.82. The van der Waals surface area contributed by atoms with Gasteiger partial charge in [0.1, 0.15) is 5.67 Å². The van der Waals surface area contributed by atoms with E-state index >= 15 is 4.39 Å². The van der Waals surface area contributed by atoms with Gasteiger partial charge < -0.3 is 0 Å². The normalized spacial score (nSPS) is 34.6. The van der Waals surface area contributed by atoms with Crippen LogP contribution in [0.2, 0.25) is 0 Å². The van der Waals surface area contributed by atoms with Crippen LogP contribution >= 0.6 is 0 Å². The topological polar surface area (TPSA) is 0 Å². The van der Waals surface area contributed by atoms with Crippen LogP contribution in [0.1, 0.15) is 63.4 Å². The van der Waals surface area contributed by atoms with Crippen LogP contribution in [0.5, 0.6) is 0 Å². The van der Waals surface area contributed by atoms with Crippen molar-refractivity contribution in [3.63, 3.8) is 0 Å². The molecule has 0 nitrogen and oxygen atoms in total. The van der Waals surface area contributed by atoms with Crippen LogP contribution in [0.4, 0.5) is 26.3 Å². The lowest BCUT2D eigenvalue weighted by Gasteiger charge is -2.30. The van der Waals surface area contributed by atoms with Crippen molar-refractivity contribution < 1.29 is 26.3 Å². The Morgan fingerprint density at radius 1 is 1.04 bits per heavy atom. The van der Waals surface area contributed by atoms with E-state index in [4.69, 9.17) is 0 Å². The molecule has 0 aliphatic heterocycles. The fourth-order valence-corrected chi connectivity index (χ4v) is 4.79. The lowest BCUT2D eigenvalue weighted by atomic mass is 9.85. The summed E-state index contributed by atoms with van der Waals surface area (Å²) < 4.78 is 84.9. The number of benzene rings is 1. The Kier molecular flexibility index (Phi) is 4.84. The largest absolute Gasteiger partial charge is 0.254 e. The molecule has 0 N–H and O–H groups in total. The number of alkyl halides is 3. The molecule has 0 spiro atoms. The van der Waals surface area contributed by atoms with Gasteiger partial charge in [-0.2, -0.15) is 0 Å². The SMILES string of the molecule is CCCC1CC2C(F)(F)CC(c3cc(F)c(F)c(F)c3)CCC2(F)C1. The Hall–Kier alpha value is -1.20. The van der Waals surface area contributed by atoms with Gasteiger partial charge >= 0.3 is 0 Å². The minimum atomic E-state index is -3.25. The highest BCUT2D eigenvalue weighted by molar-refractivity contribution is 5.25. The summed E-state index contributed by atoms with van der Waals surface area (Å²) in [4.78, 5) is 0. The third kappa shape index (κ3) is 3.41. The Bertz CT molecular complexity index is 620. The Labute approximate surface area is 143 Å². The van der Waals surface area contributed by atoms with Gasteiger partial charge in [0, 0.05) is 6.42 Å². The molecule has 2 saturated carbocycles. The summed E-state index contributed by atoms with van der Waals surface area (Å²) in [5.41, 5.74) is -1.96. The van der Waals surface area contributed by atoms with E-state index in [0.29, 0.717) is 0 Å². The molecule has 3 rings (SSSR count). The van der Waals surface area contributed by atoms with Crippen molar-refractivity contribution in [2.24, 2.45) is 11.8 Å². The number of fused-ring (bicyclic) bond motifs is 1. The Morgan fingerprint density at radius 3 is 2.28 bits per heavy atom. The van der Waals surface area contributed by atoms with Gasteiger partial charge in [0.05, 0.1) is 5.92 Å². The molecular weight excluding hydrogens is 342 g/mol. The highest BCUT2D eigenvalue weighted by Crippen LogP contribution is 2.58. The third-order valence-corrected chi connectivity index (χ3v) is 5.93. The number of rotatable bonds is 3. The van der Waals surface area contributed by atoms with Crippen molar-refractivity contribution in [3.05, 3.63) is 35.1 Å². The highest BCUT2D eigenvalue weighted by Gasteiger charge is 2.60. The third-order valence-electron chi connectivity index (χ3n) is 5.93. The second-order valence-electron chi connectivity index (χ2n) is 7.68. The van der Waals surface area contributed by atoms with Crippen LogP contribution in [-0.4, -0.2) is 11.6 Å². The summed E-state index contributed by atoms with van der Waals surface area (Å²) in [5.74, 6) is -9.95. The summed E-state index contributed by atoms with van der Waals surface area (Å²) >= 11 is 0. The molecule has 0 heterocycles. The molecule has 0 saturated heterocycles. The average molecular weight is 364 g/mol. The molecule has 1 aromatic carbocycles. The van der Waals surface area contributed by atoms with Gasteiger partial charge in [0.15, 0.2) is 17.5 Å². The molecule has 0 aromatic heterocycles. The van der Waals surface area contributed by atoms with Crippen molar-refractivity contribution >= 4 is 0 Å². The zero-order valence-electron chi connectivity index (χ0n) is 14.1. The molecule has 4 unspecified atom stereocenters. The van der Waals surface area contributed by atoms with Crippen LogP contribution in [-0.2, 0) is 0 Å². The summed E-state index contributed by atoms with van der Waals surface area (Å²) in [7, 11) is 0. The van der Waals surface area contributed by atoms with Crippen molar-refractivity contribution in [1.82, 2.24) is 0 Å². The Morgan fingerprint density at radius 2 is 1.68 bits per heavy atom. The van der Waals surface area contributed by atoms with Crippen molar-refractivity contribution in [3.8, 4) is 0 Å². The fourth-order valence-electron chi connectivity index (χ4n) is 4.79. The van der Waals surface area contributed by atoms with E-state index in [0.717, 1.165) is 25.0 Å². The van der Waals surface area contributed by atoms with E-state index in [9.17, 15) is 22.0 Å². The molecule has 2 aliphatic rings. The van der Waals surface area contributed by atoms with Crippen LogP contribution < -0.4 is 0 Å². The molecule has 2 fully saturated rings. The van der Waals surface area contributed by atoms with Gasteiger partial charge in [0.2, 0.25) is 0 Å². The summed E-state index contributed by atoms with van der Waals surface area (Å²) in [6.45, 7) is 1.95. The minimum Gasteiger partial charge on any atom is -0.243 e. The maximum Gasteiger partial charge on any atom is 0.254 e.